The summed E-state index contributed by atoms with van der Waals surface area (Å²) in [7, 11) is -1.04. The third-order valence-corrected chi connectivity index (χ3v) is 8.08. The van der Waals surface area contributed by atoms with Gasteiger partial charge in [-0.15, -0.1) is 0 Å². The second kappa shape index (κ2) is 9.14. The van der Waals surface area contributed by atoms with E-state index in [4.69, 9.17) is 0 Å². The maximum absolute atomic E-state index is 12.8. The normalized spacial score (nSPS) is 20.8. The smallest absolute Gasteiger partial charge is 0.236 e. The first-order valence-corrected chi connectivity index (χ1v) is 12.8. The zero-order valence-corrected chi connectivity index (χ0v) is 19.8. The van der Waals surface area contributed by atoms with Crippen LogP contribution in [0.2, 0.25) is 0 Å². The van der Waals surface area contributed by atoms with Crippen molar-refractivity contribution in [3.8, 4) is 0 Å². The third kappa shape index (κ3) is 4.93. The SMILES string of the molecule is Cc1nn([C@H]2CCS(=O)(=O)C2)c(C)c1CN(C)CC(=O)N1CCN(c2ncccn2)CC1. The first-order chi connectivity index (χ1) is 15.2. The predicted molar refractivity (Wildman–Crippen MR) is 121 cm³/mol. The molecule has 0 unspecified atom stereocenters. The number of hydrogen-bond acceptors (Lipinski definition) is 8. The van der Waals surface area contributed by atoms with E-state index in [0.29, 0.717) is 38.5 Å². The Hall–Kier alpha value is -2.53. The summed E-state index contributed by atoms with van der Waals surface area (Å²) in [5.41, 5.74) is 2.94. The number of anilines is 1. The van der Waals surface area contributed by atoms with E-state index >= 15 is 0 Å². The first kappa shape index (κ1) is 22.7. The van der Waals surface area contributed by atoms with Crippen LogP contribution in [0.25, 0.3) is 0 Å². The average Bonchev–Trinajstić information content (AvgIpc) is 3.27. The highest BCUT2D eigenvalue weighted by Crippen LogP contribution is 2.27. The topological polar surface area (TPSA) is 105 Å². The Kier molecular flexibility index (Phi) is 6.47. The van der Waals surface area contributed by atoms with Crippen LogP contribution in [0.15, 0.2) is 18.5 Å². The Morgan fingerprint density at radius 2 is 1.84 bits per heavy atom. The first-order valence-electron chi connectivity index (χ1n) is 11.0. The number of carbonyl (C=O) groups excluding carboxylic acids is 1. The van der Waals surface area contributed by atoms with E-state index in [2.05, 4.69) is 20.0 Å². The summed E-state index contributed by atoms with van der Waals surface area (Å²) in [4.78, 5) is 27.4. The summed E-state index contributed by atoms with van der Waals surface area (Å²) in [6.07, 6.45) is 4.07. The number of carbonyl (C=O) groups is 1. The van der Waals surface area contributed by atoms with Gasteiger partial charge in [0.2, 0.25) is 11.9 Å². The minimum absolute atomic E-state index is 0.0933. The van der Waals surface area contributed by atoms with Crippen molar-refractivity contribution < 1.29 is 13.2 Å². The lowest BCUT2D eigenvalue weighted by Gasteiger charge is -2.35. The molecule has 2 fully saturated rings. The summed E-state index contributed by atoms with van der Waals surface area (Å²) in [5, 5.41) is 4.63. The minimum atomic E-state index is -2.97. The van der Waals surface area contributed by atoms with Crippen LogP contribution in [0.5, 0.6) is 0 Å². The average molecular weight is 462 g/mol. The van der Waals surface area contributed by atoms with Gasteiger partial charge in [-0.3, -0.25) is 14.4 Å². The molecule has 0 aliphatic carbocycles. The Bertz CT molecular complexity index is 1060. The van der Waals surface area contributed by atoms with Crippen molar-refractivity contribution in [3.63, 3.8) is 0 Å². The van der Waals surface area contributed by atoms with Crippen LogP contribution in [-0.4, -0.2) is 95.2 Å². The lowest BCUT2D eigenvalue weighted by Crippen LogP contribution is -2.51. The molecule has 2 aromatic heterocycles. The number of aromatic nitrogens is 4. The van der Waals surface area contributed by atoms with Gasteiger partial charge in [-0.1, -0.05) is 0 Å². The number of rotatable bonds is 6. The van der Waals surface area contributed by atoms with Crippen LogP contribution in [-0.2, 0) is 21.2 Å². The second-order valence-electron chi connectivity index (χ2n) is 8.74. The standard InChI is InChI=1S/C21H31N7O3S/c1-16-19(17(2)28(24-16)18-5-12-32(30,31)15-18)13-25(3)14-20(29)26-8-10-27(11-9-26)21-22-6-4-7-23-21/h4,6-7,18H,5,8-15H2,1-3H3/t18-/m0/s1. The molecule has 1 atom stereocenters. The van der Waals surface area contributed by atoms with E-state index < -0.39 is 9.84 Å². The summed E-state index contributed by atoms with van der Waals surface area (Å²) in [6.45, 7) is 7.59. The van der Waals surface area contributed by atoms with Crippen LogP contribution < -0.4 is 4.90 Å². The fourth-order valence-corrected chi connectivity index (χ4v) is 6.21. The van der Waals surface area contributed by atoms with Gasteiger partial charge in [0, 0.05) is 56.4 Å². The molecule has 32 heavy (non-hydrogen) atoms. The van der Waals surface area contributed by atoms with Crippen LogP contribution in [0.4, 0.5) is 5.95 Å². The Morgan fingerprint density at radius 3 is 2.47 bits per heavy atom. The maximum Gasteiger partial charge on any atom is 0.236 e. The number of amides is 1. The molecule has 2 aliphatic heterocycles. The van der Waals surface area contributed by atoms with E-state index in [0.717, 1.165) is 30.0 Å². The number of sulfone groups is 1. The molecule has 10 nitrogen and oxygen atoms in total. The summed E-state index contributed by atoms with van der Waals surface area (Å²) >= 11 is 0. The molecular formula is C21H31N7O3S. The molecule has 2 saturated heterocycles. The van der Waals surface area contributed by atoms with Crippen LogP contribution >= 0.6 is 0 Å². The summed E-state index contributed by atoms with van der Waals surface area (Å²) in [6, 6.07) is 1.70. The number of hydrogen-bond donors (Lipinski definition) is 0. The Morgan fingerprint density at radius 1 is 1.16 bits per heavy atom. The molecule has 2 aliphatic rings. The van der Waals surface area contributed by atoms with Crippen molar-refractivity contribution >= 4 is 21.7 Å². The number of piperazine rings is 1. The molecule has 1 amide bonds. The Balaban J connectivity index is 1.32. The highest BCUT2D eigenvalue weighted by molar-refractivity contribution is 7.91. The van der Waals surface area contributed by atoms with Gasteiger partial charge in [0.15, 0.2) is 9.84 Å². The van der Waals surface area contributed by atoms with Gasteiger partial charge in [-0.2, -0.15) is 5.10 Å². The monoisotopic (exact) mass is 461 g/mol. The summed E-state index contributed by atoms with van der Waals surface area (Å²) < 4.78 is 25.6. The maximum atomic E-state index is 12.8. The second-order valence-corrected chi connectivity index (χ2v) is 11.0. The summed E-state index contributed by atoms with van der Waals surface area (Å²) in [5.74, 6) is 1.19. The highest BCUT2D eigenvalue weighted by atomic mass is 32.2. The molecule has 0 saturated carbocycles. The zero-order valence-electron chi connectivity index (χ0n) is 18.9. The molecule has 11 heteroatoms. The van der Waals surface area contributed by atoms with Crippen molar-refractivity contribution in [2.75, 3.05) is 56.2 Å². The van der Waals surface area contributed by atoms with E-state index in [1.165, 1.54) is 0 Å². The fourth-order valence-electron chi connectivity index (χ4n) is 4.52. The van der Waals surface area contributed by atoms with Crippen molar-refractivity contribution in [2.24, 2.45) is 0 Å². The van der Waals surface area contributed by atoms with E-state index in [-0.39, 0.29) is 23.5 Å². The third-order valence-electron chi connectivity index (χ3n) is 6.33. The molecule has 0 radical (unpaired) electrons. The van der Waals surface area contributed by atoms with E-state index in [9.17, 15) is 13.2 Å². The molecule has 0 N–H and O–H groups in total. The van der Waals surface area contributed by atoms with Gasteiger partial charge in [0.25, 0.3) is 0 Å². The van der Waals surface area contributed by atoms with Crippen LogP contribution in [0.1, 0.15) is 29.4 Å². The molecule has 0 aromatic carbocycles. The molecule has 2 aromatic rings. The van der Waals surface area contributed by atoms with E-state index in [1.807, 2.05) is 35.4 Å². The predicted octanol–water partition coefficient (Wildman–Crippen LogP) is 0.430. The van der Waals surface area contributed by atoms with Gasteiger partial charge >= 0.3 is 0 Å². The number of nitrogens with zero attached hydrogens (tertiary/aromatic N) is 7. The van der Waals surface area contributed by atoms with Gasteiger partial charge in [-0.05, 0) is 33.4 Å². The van der Waals surface area contributed by atoms with Crippen molar-refractivity contribution in [1.29, 1.82) is 0 Å². The largest absolute Gasteiger partial charge is 0.338 e. The number of aryl methyl sites for hydroxylation is 1. The lowest BCUT2D eigenvalue weighted by molar-refractivity contribution is -0.132. The van der Waals surface area contributed by atoms with Gasteiger partial charge in [0.1, 0.15) is 0 Å². The van der Waals surface area contributed by atoms with Crippen molar-refractivity contribution in [3.05, 3.63) is 35.4 Å². The molecule has 4 rings (SSSR count). The van der Waals surface area contributed by atoms with Gasteiger partial charge in [-0.25, -0.2) is 18.4 Å². The van der Waals surface area contributed by atoms with Crippen molar-refractivity contribution in [1.82, 2.24) is 29.5 Å². The van der Waals surface area contributed by atoms with Crippen LogP contribution in [0.3, 0.4) is 0 Å². The Labute approximate surface area is 189 Å². The highest BCUT2D eigenvalue weighted by Gasteiger charge is 2.31. The molecule has 4 heterocycles. The quantitative estimate of drug-likeness (QED) is 0.610. The van der Waals surface area contributed by atoms with Crippen LogP contribution in [0, 0.1) is 13.8 Å². The lowest BCUT2D eigenvalue weighted by atomic mass is 10.1. The molecule has 0 spiro atoms. The zero-order chi connectivity index (χ0) is 22.9. The minimum Gasteiger partial charge on any atom is -0.338 e. The van der Waals surface area contributed by atoms with E-state index in [1.54, 1.807) is 18.5 Å². The van der Waals surface area contributed by atoms with Gasteiger partial charge < -0.3 is 9.80 Å². The van der Waals surface area contributed by atoms with Crippen molar-refractivity contribution in [2.45, 2.75) is 32.9 Å². The molecule has 0 bridgehead atoms. The molecular weight excluding hydrogens is 430 g/mol. The number of likely N-dealkylation sites (N-methyl/N-ethyl adjacent to an activating group) is 1. The fraction of sp³-hybridized carbons (Fsp3) is 0.619. The van der Waals surface area contributed by atoms with Gasteiger partial charge in [0.05, 0.1) is 29.8 Å². The molecule has 174 valence electrons.